The highest BCUT2D eigenvalue weighted by molar-refractivity contribution is 6.04. The van der Waals surface area contributed by atoms with Crippen molar-refractivity contribution in [1.82, 2.24) is 0 Å². The third kappa shape index (κ3) is 3.64. The van der Waals surface area contributed by atoms with Crippen LogP contribution >= 0.6 is 0 Å². The minimum atomic E-state index is 1.08. The Bertz CT molecular complexity index is 1560. The standard InChI is InChI=1S/C32H23N/c1-2-9-23(10-3-1)29-21-22-32(31-15-7-6-14-30(29)31)33-26-19-17-25(18-20-26)28-16-8-12-24-11-4-5-13-27(24)28/h1-22,33H. The topological polar surface area (TPSA) is 12.0 Å². The second-order valence-electron chi connectivity index (χ2n) is 8.30. The molecule has 1 nitrogen and oxygen atoms in total. The summed E-state index contributed by atoms with van der Waals surface area (Å²) in [4.78, 5) is 0. The van der Waals surface area contributed by atoms with Crippen LogP contribution in [-0.4, -0.2) is 0 Å². The average molecular weight is 422 g/mol. The van der Waals surface area contributed by atoms with Gasteiger partial charge in [-0.1, -0.05) is 115 Å². The predicted octanol–water partition coefficient (Wildman–Crippen LogP) is 9.07. The maximum atomic E-state index is 3.64. The molecular formula is C32H23N. The van der Waals surface area contributed by atoms with Crippen LogP contribution in [0, 0.1) is 0 Å². The normalized spacial score (nSPS) is 11.0. The molecule has 0 spiro atoms. The highest BCUT2D eigenvalue weighted by Crippen LogP contribution is 2.35. The zero-order valence-electron chi connectivity index (χ0n) is 18.2. The van der Waals surface area contributed by atoms with Crippen molar-refractivity contribution in [3.63, 3.8) is 0 Å². The molecule has 33 heavy (non-hydrogen) atoms. The van der Waals surface area contributed by atoms with Crippen molar-refractivity contribution in [3.05, 3.63) is 133 Å². The summed E-state index contributed by atoms with van der Waals surface area (Å²) in [5.41, 5.74) is 7.17. The van der Waals surface area contributed by atoms with E-state index in [1.54, 1.807) is 0 Å². The first kappa shape index (κ1) is 19.3. The van der Waals surface area contributed by atoms with E-state index in [9.17, 15) is 0 Å². The summed E-state index contributed by atoms with van der Waals surface area (Å²) in [6, 6.07) is 47.3. The Morgan fingerprint density at radius 1 is 0.364 bits per heavy atom. The molecule has 0 aromatic heterocycles. The van der Waals surface area contributed by atoms with Gasteiger partial charge in [0.25, 0.3) is 0 Å². The molecule has 0 aliphatic heterocycles. The second kappa shape index (κ2) is 8.29. The van der Waals surface area contributed by atoms with Crippen LogP contribution in [0.2, 0.25) is 0 Å². The monoisotopic (exact) mass is 421 g/mol. The first-order valence-corrected chi connectivity index (χ1v) is 11.3. The Balaban J connectivity index is 1.35. The van der Waals surface area contributed by atoms with Crippen molar-refractivity contribution >= 4 is 32.9 Å². The van der Waals surface area contributed by atoms with E-state index in [0.29, 0.717) is 0 Å². The number of anilines is 2. The number of rotatable bonds is 4. The minimum absolute atomic E-state index is 1.08. The highest BCUT2D eigenvalue weighted by atomic mass is 14.9. The summed E-state index contributed by atoms with van der Waals surface area (Å²) in [6.07, 6.45) is 0. The molecule has 0 amide bonds. The Morgan fingerprint density at radius 2 is 0.970 bits per heavy atom. The van der Waals surface area contributed by atoms with Crippen molar-refractivity contribution < 1.29 is 0 Å². The van der Waals surface area contributed by atoms with Gasteiger partial charge in [0.15, 0.2) is 0 Å². The number of hydrogen-bond donors (Lipinski definition) is 1. The maximum Gasteiger partial charge on any atom is 0.0464 e. The van der Waals surface area contributed by atoms with Crippen molar-refractivity contribution in [2.24, 2.45) is 0 Å². The summed E-state index contributed by atoms with van der Waals surface area (Å²) in [7, 11) is 0. The van der Waals surface area contributed by atoms with Gasteiger partial charge in [-0.05, 0) is 56.6 Å². The molecule has 0 fully saturated rings. The van der Waals surface area contributed by atoms with Crippen molar-refractivity contribution in [2.75, 3.05) is 5.32 Å². The molecule has 6 aromatic carbocycles. The van der Waals surface area contributed by atoms with Gasteiger partial charge < -0.3 is 5.32 Å². The van der Waals surface area contributed by atoms with E-state index in [1.807, 2.05) is 0 Å². The second-order valence-corrected chi connectivity index (χ2v) is 8.30. The van der Waals surface area contributed by atoms with Crippen molar-refractivity contribution in [2.45, 2.75) is 0 Å². The number of fused-ring (bicyclic) bond motifs is 2. The van der Waals surface area contributed by atoms with Gasteiger partial charge in [0.2, 0.25) is 0 Å². The van der Waals surface area contributed by atoms with E-state index < -0.39 is 0 Å². The molecule has 0 saturated carbocycles. The maximum absolute atomic E-state index is 3.64. The molecule has 156 valence electrons. The fraction of sp³-hybridized carbons (Fsp3) is 0. The van der Waals surface area contributed by atoms with Crippen LogP contribution < -0.4 is 5.32 Å². The van der Waals surface area contributed by atoms with Crippen molar-refractivity contribution in [3.8, 4) is 22.3 Å². The van der Waals surface area contributed by atoms with E-state index in [1.165, 1.54) is 43.8 Å². The Morgan fingerprint density at radius 3 is 1.79 bits per heavy atom. The third-order valence-corrected chi connectivity index (χ3v) is 6.27. The summed E-state index contributed by atoms with van der Waals surface area (Å²) in [5.74, 6) is 0. The molecule has 0 saturated heterocycles. The van der Waals surface area contributed by atoms with Gasteiger partial charge in [0.1, 0.15) is 0 Å². The SMILES string of the molecule is c1ccc(-c2ccc(Nc3ccc(-c4cccc5ccccc45)cc3)c3ccccc23)cc1. The van der Waals surface area contributed by atoms with Crippen LogP contribution in [0.1, 0.15) is 0 Å². The minimum Gasteiger partial charge on any atom is -0.355 e. The highest BCUT2D eigenvalue weighted by Gasteiger charge is 2.08. The van der Waals surface area contributed by atoms with Crippen LogP contribution in [0.4, 0.5) is 11.4 Å². The lowest BCUT2D eigenvalue weighted by atomic mass is 9.97. The van der Waals surface area contributed by atoms with Crippen LogP contribution in [0.15, 0.2) is 133 Å². The molecule has 1 N–H and O–H groups in total. The van der Waals surface area contributed by atoms with Gasteiger partial charge in [-0.15, -0.1) is 0 Å². The number of benzene rings is 6. The zero-order valence-corrected chi connectivity index (χ0v) is 18.2. The van der Waals surface area contributed by atoms with E-state index >= 15 is 0 Å². The van der Waals surface area contributed by atoms with Crippen LogP contribution in [0.3, 0.4) is 0 Å². The molecular weight excluding hydrogens is 398 g/mol. The lowest BCUT2D eigenvalue weighted by Crippen LogP contribution is -1.93. The van der Waals surface area contributed by atoms with Gasteiger partial charge in [-0.3, -0.25) is 0 Å². The van der Waals surface area contributed by atoms with Gasteiger partial charge in [-0.25, -0.2) is 0 Å². The van der Waals surface area contributed by atoms with E-state index in [0.717, 1.165) is 11.4 Å². The van der Waals surface area contributed by atoms with Gasteiger partial charge in [0.05, 0.1) is 0 Å². The van der Waals surface area contributed by atoms with E-state index in [2.05, 4.69) is 139 Å². The lowest BCUT2D eigenvalue weighted by Gasteiger charge is -2.14. The van der Waals surface area contributed by atoms with Crippen LogP contribution in [0.5, 0.6) is 0 Å². The Kier molecular flexibility index (Phi) is 4.86. The average Bonchev–Trinajstić information content (AvgIpc) is 2.89. The summed E-state index contributed by atoms with van der Waals surface area (Å²) in [6.45, 7) is 0. The smallest absolute Gasteiger partial charge is 0.0464 e. The van der Waals surface area contributed by atoms with E-state index in [4.69, 9.17) is 0 Å². The van der Waals surface area contributed by atoms with E-state index in [-0.39, 0.29) is 0 Å². The summed E-state index contributed by atoms with van der Waals surface area (Å²) in [5, 5.41) is 8.66. The molecule has 0 unspecified atom stereocenters. The summed E-state index contributed by atoms with van der Waals surface area (Å²) >= 11 is 0. The Labute approximate surface area is 194 Å². The lowest BCUT2D eigenvalue weighted by molar-refractivity contribution is 1.56. The first-order valence-electron chi connectivity index (χ1n) is 11.3. The molecule has 0 heterocycles. The number of hydrogen-bond acceptors (Lipinski definition) is 1. The van der Waals surface area contributed by atoms with Crippen LogP contribution in [0.25, 0.3) is 43.8 Å². The fourth-order valence-electron chi connectivity index (χ4n) is 4.64. The molecule has 0 radical (unpaired) electrons. The number of nitrogens with one attached hydrogen (secondary N) is 1. The zero-order chi connectivity index (χ0) is 22.0. The summed E-state index contributed by atoms with van der Waals surface area (Å²) < 4.78 is 0. The van der Waals surface area contributed by atoms with Gasteiger partial charge in [-0.2, -0.15) is 0 Å². The molecule has 0 aliphatic rings. The predicted molar refractivity (Wildman–Crippen MR) is 142 cm³/mol. The molecule has 6 rings (SSSR count). The third-order valence-electron chi connectivity index (χ3n) is 6.27. The molecule has 0 atom stereocenters. The first-order chi connectivity index (χ1) is 16.4. The molecule has 6 aromatic rings. The Hall–Kier alpha value is -4.36. The fourth-order valence-corrected chi connectivity index (χ4v) is 4.64. The van der Waals surface area contributed by atoms with Crippen LogP contribution in [-0.2, 0) is 0 Å². The molecule has 0 bridgehead atoms. The largest absolute Gasteiger partial charge is 0.355 e. The molecule has 1 heteroatoms. The van der Waals surface area contributed by atoms with Crippen molar-refractivity contribution in [1.29, 1.82) is 0 Å². The van der Waals surface area contributed by atoms with Gasteiger partial charge >= 0.3 is 0 Å². The molecule has 0 aliphatic carbocycles. The quantitative estimate of drug-likeness (QED) is 0.299. The van der Waals surface area contributed by atoms with Gasteiger partial charge in [0, 0.05) is 16.8 Å².